The number of ether oxygens (including phenoxy) is 1. The van der Waals surface area contributed by atoms with Crippen LogP contribution in [0.1, 0.15) is 36.7 Å². The van der Waals surface area contributed by atoms with E-state index in [1.165, 1.54) is 6.92 Å². The number of carbonyl (C=O) groups is 2. The first-order chi connectivity index (χ1) is 14.9. The molecule has 0 saturated carbocycles. The second-order valence-corrected chi connectivity index (χ2v) is 7.99. The van der Waals surface area contributed by atoms with Crippen molar-refractivity contribution in [3.05, 3.63) is 47.3 Å². The van der Waals surface area contributed by atoms with Gasteiger partial charge in [0.05, 0.1) is 7.11 Å². The summed E-state index contributed by atoms with van der Waals surface area (Å²) in [6, 6.07) is 8.87. The van der Waals surface area contributed by atoms with Crippen LogP contribution in [0.3, 0.4) is 0 Å². The summed E-state index contributed by atoms with van der Waals surface area (Å²) in [7, 11) is 1.60. The Morgan fingerprint density at radius 1 is 1.16 bits per heavy atom. The lowest BCUT2D eigenvalue weighted by molar-refractivity contribution is -0.128. The number of nitrogens with zero attached hydrogens (tertiary/aromatic N) is 3. The Bertz CT molecular complexity index is 905. The van der Waals surface area contributed by atoms with Crippen LogP contribution < -0.4 is 20.3 Å². The van der Waals surface area contributed by atoms with Gasteiger partial charge in [-0.15, -0.1) is 0 Å². The van der Waals surface area contributed by atoms with E-state index >= 15 is 0 Å². The van der Waals surface area contributed by atoms with Crippen molar-refractivity contribution in [1.82, 2.24) is 20.6 Å². The number of aromatic nitrogens is 2. The summed E-state index contributed by atoms with van der Waals surface area (Å²) in [6.45, 7) is 6.89. The minimum atomic E-state index is -0.658. The summed E-state index contributed by atoms with van der Waals surface area (Å²) in [5, 5.41) is 5.89. The Balaban J connectivity index is 1.61. The molecule has 0 unspecified atom stereocenters. The van der Waals surface area contributed by atoms with Gasteiger partial charge in [-0.1, -0.05) is 18.2 Å². The number of methoxy groups -OCH3 is 1. The van der Waals surface area contributed by atoms with Gasteiger partial charge in [-0.05, 0) is 44.4 Å². The van der Waals surface area contributed by atoms with E-state index in [-0.39, 0.29) is 17.9 Å². The van der Waals surface area contributed by atoms with Gasteiger partial charge in [0, 0.05) is 43.9 Å². The molecule has 1 saturated heterocycles. The molecular formula is C23H31N5O3. The van der Waals surface area contributed by atoms with Crippen molar-refractivity contribution >= 4 is 17.8 Å². The van der Waals surface area contributed by atoms with Crippen molar-refractivity contribution in [2.45, 2.75) is 52.1 Å². The second-order valence-electron chi connectivity index (χ2n) is 7.99. The summed E-state index contributed by atoms with van der Waals surface area (Å²) in [6.07, 6.45) is 1.96. The Labute approximate surface area is 183 Å². The zero-order valence-electron chi connectivity index (χ0n) is 18.6. The molecule has 0 radical (unpaired) electrons. The smallest absolute Gasteiger partial charge is 0.243 e. The monoisotopic (exact) mass is 425 g/mol. The van der Waals surface area contributed by atoms with Crippen molar-refractivity contribution in [2.24, 2.45) is 0 Å². The van der Waals surface area contributed by atoms with Crippen LogP contribution >= 0.6 is 0 Å². The van der Waals surface area contributed by atoms with E-state index in [9.17, 15) is 9.59 Å². The minimum absolute atomic E-state index is 0.0450. The van der Waals surface area contributed by atoms with E-state index in [0.29, 0.717) is 12.2 Å². The molecule has 0 aliphatic carbocycles. The number of anilines is 1. The molecule has 1 aromatic carbocycles. The molecule has 1 fully saturated rings. The quantitative estimate of drug-likeness (QED) is 0.704. The second kappa shape index (κ2) is 10.2. The van der Waals surface area contributed by atoms with E-state index in [1.54, 1.807) is 7.11 Å². The van der Waals surface area contributed by atoms with Crippen molar-refractivity contribution in [3.63, 3.8) is 0 Å². The molecule has 166 valence electrons. The zero-order chi connectivity index (χ0) is 22.4. The molecule has 2 N–H and O–H groups in total. The van der Waals surface area contributed by atoms with Crippen molar-refractivity contribution in [3.8, 4) is 5.75 Å². The fraction of sp³-hybridized carbons (Fsp3) is 0.478. The van der Waals surface area contributed by atoms with Crippen molar-refractivity contribution in [1.29, 1.82) is 0 Å². The molecule has 0 bridgehead atoms. The van der Waals surface area contributed by atoms with Crippen LogP contribution in [0.2, 0.25) is 0 Å². The van der Waals surface area contributed by atoms with E-state index in [2.05, 4.69) is 25.5 Å². The predicted octanol–water partition coefficient (Wildman–Crippen LogP) is 1.93. The number of hydrogen-bond acceptors (Lipinski definition) is 6. The predicted molar refractivity (Wildman–Crippen MR) is 119 cm³/mol. The van der Waals surface area contributed by atoms with Crippen LogP contribution in [0.15, 0.2) is 30.3 Å². The topological polar surface area (TPSA) is 96.4 Å². The Morgan fingerprint density at radius 2 is 1.81 bits per heavy atom. The number of para-hydroxylation sites is 1. The third-order valence-electron chi connectivity index (χ3n) is 5.41. The highest BCUT2D eigenvalue weighted by atomic mass is 16.5. The summed E-state index contributed by atoms with van der Waals surface area (Å²) in [5.74, 6) is 1.03. The number of carbonyl (C=O) groups excluding carboxylic acids is 2. The zero-order valence-corrected chi connectivity index (χ0v) is 18.6. The van der Waals surface area contributed by atoms with Gasteiger partial charge >= 0.3 is 0 Å². The van der Waals surface area contributed by atoms with Gasteiger partial charge in [-0.2, -0.15) is 0 Å². The molecule has 31 heavy (non-hydrogen) atoms. The third-order valence-corrected chi connectivity index (χ3v) is 5.41. The maximum atomic E-state index is 13.0. The molecule has 2 amide bonds. The molecule has 1 aliphatic heterocycles. The highest BCUT2D eigenvalue weighted by Gasteiger charge is 2.27. The van der Waals surface area contributed by atoms with Gasteiger partial charge in [0.2, 0.25) is 17.8 Å². The minimum Gasteiger partial charge on any atom is -0.496 e. The van der Waals surface area contributed by atoms with Crippen LogP contribution in [-0.4, -0.2) is 54.1 Å². The number of piperidine rings is 1. The maximum absolute atomic E-state index is 13.0. The van der Waals surface area contributed by atoms with Crippen molar-refractivity contribution < 1.29 is 14.3 Å². The van der Waals surface area contributed by atoms with Crippen LogP contribution in [0, 0.1) is 13.8 Å². The van der Waals surface area contributed by atoms with Gasteiger partial charge in [0.1, 0.15) is 11.8 Å². The van der Waals surface area contributed by atoms with E-state index in [4.69, 9.17) is 4.74 Å². The number of rotatable bonds is 7. The fourth-order valence-electron chi connectivity index (χ4n) is 3.92. The van der Waals surface area contributed by atoms with Gasteiger partial charge in [-0.3, -0.25) is 9.59 Å². The average Bonchev–Trinajstić information content (AvgIpc) is 2.73. The van der Waals surface area contributed by atoms with Crippen LogP contribution in [0.5, 0.6) is 5.75 Å². The molecule has 8 nitrogen and oxygen atoms in total. The largest absolute Gasteiger partial charge is 0.496 e. The highest BCUT2D eigenvalue weighted by Crippen LogP contribution is 2.20. The molecule has 3 rings (SSSR count). The molecule has 1 aromatic heterocycles. The lowest BCUT2D eigenvalue weighted by Gasteiger charge is -2.33. The fourth-order valence-corrected chi connectivity index (χ4v) is 3.92. The molecule has 8 heteroatoms. The lowest BCUT2D eigenvalue weighted by atomic mass is 10.0. The Hall–Kier alpha value is -3.16. The number of aryl methyl sites for hydroxylation is 2. The normalized spacial score (nSPS) is 15.3. The maximum Gasteiger partial charge on any atom is 0.243 e. The first kappa shape index (κ1) is 22.5. The van der Waals surface area contributed by atoms with Gasteiger partial charge < -0.3 is 20.3 Å². The Kier molecular flexibility index (Phi) is 7.44. The lowest BCUT2D eigenvalue weighted by Crippen LogP contribution is -2.52. The SMILES string of the molecule is COc1ccccc1C[C@@H](NC(C)=O)C(=O)NC1CCN(c2nc(C)cc(C)n2)CC1. The number of nitrogens with one attached hydrogen (secondary N) is 2. The highest BCUT2D eigenvalue weighted by molar-refractivity contribution is 5.87. The first-order valence-electron chi connectivity index (χ1n) is 10.6. The number of amides is 2. The molecule has 1 aliphatic rings. The third kappa shape index (κ3) is 6.16. The Morgan fingerprint density at radius 3 is 2.42 bits per heavy atom. The van der Waals surface area contributed by atoms with E-state index < -0.39 is 6.04 Å². The molecule has 0 spiro atoms. The number of hydrogen-bond donors (Lipinski definition) is 2. The molecular weight excluding hydrogens is 394 g/mol. The van der Waals surface area contributed by atoms with Crippen LogP contribution in [-0.2, 0) is 16.0 Å². The van der Waals surface area contributed by atoms with Gasteiger partial charge in [0.25, 0.3) is 0 Å². The summed E-state index contributed by atoms with van der Waals surface area (Å²) < 4.78 is 5.39. The van der Waals surface area contributed by atoms with E-state index in [0.717, 1.165) is 48.8 Å². The van der Waals surface area contributed by atoms with Crippen LogP contribution in [0.4, 0.5) is 5.95 Å². The summed E-state index contributed by atoms with van der Waals surface area (Å²) in [4.78, 5) is 35.9. The standard InChI is InChI=1S/C23H31N5O3/c1-15-13-16(2)25-23(24-15)28-11-9-19(10-12-28)27-22(30)20(26-17(3)29)14-18-7-5-6-8-21(18)31-4/h5-8,13,19-20H,9-12,14H2,1-4H3,(H,26,29)(H,27,30)/t20-/m1/s1. The van der Waals surface area contributed by atoms with E-state index in [1.807, 2.05) is 44.2 Å². The summed E-state index contributed by atoms with van der Waals surface area (Å²) in [5.41, 5.74) is 2.78. The molecule has 2 heterocycles. The van der Waals surface area contributed by atoms with Crippen LogP contribution in [0.25, 0.3) is 0 Å². The summed E-state index contributed by atoms with van der Waals surface area (Å²) >= 11 is 0. The number of benzene rings is 1. The molecule has 1 atom stereocenters. The average molecular weight is 426 g/mol. The molecule has 2 aromatic rings. The van der Waals surface area contributed by atoms with Gasteiger partial charge in [-0.25, -0.2) is 9.97 Å². The van der Waals surface area contributed by atoms with Gasteiger partial charge in [0.15, 0.2) is 0 Å². The van der Waals surface area contributed by atoms with Crippen molar-refractivity contribution in [2.75, 3.05) is 25.1 Å². The first-order valence-corrected chi connectivity index (χ1v) is 10.6.